The highest BCUT2D eigenvalue weighted by molar-refractivity contribution is 5.81. The zero-order valence-electron chi connectivity index (χ0n) is 23.0. The van der Waals surface area contributed by atoms with E-state index in [0.29, 0.717) is 12.3 Å². The van der Waals surface area contributed by atoms with E-state index in [9.17, 15) is 30.0 Å². The summed E-state index contributed by atoms with van der Waals surface area (Å²) < 4.78 is 18.2. The highest BCUT2D eigenvalue weighted by atomic mass is 17.3. The zero-order chi connectivity index (χ0) is 28.7. The van der Waals surface area contributed by atoms with Gasteiger partial charge in [-0.25, -0.2) is 9.78 Å². The van der Waals surface area contributed by atoms with Crippen LogP contribution in [0, 0.1) is 23.7 Å². The molecule has 4 aliphatic heterocycles. The molecule has 5 aliphatic rings. The highest BCUT2D eigenvalue weighted by Crippen LogP contribution is 2.60. The van der Waals surface area contributed by atoms with Gasteiger partial charge in [0.25, 0.3) is 0 Å². The number of likely N-dealkylation sites (N-methyl/N-ethyl adjacent to an activating group) is 1. The average molecular weight is 562 g/mol. The Morgan fingerprint density at radius 3 is 2.38 bits per heavy atom. The first-order valence-electron chi connectivity index (χ1n) is 13.8. The van der Waals surface area contributed by atoms with Gasteiger partial charge < -0.3 is 44.6 Å². The molecule has 5 rings (SSSR count). The Kier molecular flexibility index (Phi) is 9.26. The number of fused-ring (bicyclic) bond motifs is 2. The Labute approximate surface area is 227 Å². The minimum absolute atomic E-state index is 0.0155. The van der Waals surface area contributed by atoms with Gasteiger partial charge in [0, 0.05) is 38.3 Å². The number of esters is 1. The molecule has 1 amide bonds. The summed E-state index contributed by atoms with van der Waals surface area (Å²) in [4.78, 5) is 38.2. The zero-order valence-corrected chi connectivity index (χ0v) is 23.0. The Balaban J connectivity index is 1.32. The average Bonchev–Trinajstić information content (AvgIpc) is 3.14. The molecule has 0 aromatic heterocycles. The maximum absolute atomic E-state index is 12.7. The quantitative estimate of drug-likeness (QED) is 0.169. The minimum atomic E-state index is -1.80. The largest absolute Gasteiger partial charge is 0.435 e. The van der Waals surface area contributed by atoms with Crippen molar-refractivity contribution in [2.45, 2.75) is 108 Å². The smallest absolute Gasteiger partial charge is 0.308 e. The third-order valence-corrected chi connectivity index (χ3v) is 9.10. The molecule has 0 unspecified atom stereocenters. The van der Waals surface area contributed by atoms with Crippen LogP contribution in [0.3, 0.4) is 0 Å². The summed E-state index contributed by atoms with van der Waals surface area (Å²) in [6.45, 7) is 4.81. The molecule has 4 saturated heterocycles. The van der Waals surface area contributed by atoms with E-state index >= 15 is 0 Å². The number of rotatable bonds is 10. The maximum Gasteiger partial charge on any atom is 0.308 e. The first-order valence-corrected chi connectivity index (χ1v) is 13.8. The Morgan fingerprint density at radius 2 is 1.69 bits per heavy atom. The predicted octanol–water partition coefficient (Wildman–Crippen LogP) is -0.588. The standard InChI is InChI=1S/C26H43NO12/c1-13-5-6-16-14(2)23(36-24-26(16)15(13)9-10-25(3,37-24)38-39-26)35-20(32)8-7-19(31)27(4)11-17(29)21(33)22(34)18(30)12-28/h13-18,21-24,28-30,33-34H,5-12H2,1-4H3/t13-,14-,15-,16-,17+,18-,21+,22-,23-,24-,25-,26-/m1/s1. The van der Waals surface area contributed by atoms with Crippen molar-refractivity contribution in [3.8, 4) is 0 Å². The van der Waals surface area contributed by atoms with Crippen molar-refractivity contribution in [2.75, 3.05) is 20.2 Å². The molecule has 4 heterocycles. The summed E-state index contributed by atoms with van der Waals surface area (Å²) in [7, 11) is 1.37. The fourth-order valence-corrected chi connectivity index (χ4v) is 6.65. The molecule has 224 valence electrons. The van der Waals surface area contributed by atoms with Crippen molar-refractivity contribution in [1.82, 2.24) is 4.90 Å². The van der Waals surface area contributed by atoms with Crippen LogP contribution >= 0.6 is 0 Å². The monoisotopic (exact) mass is 561 g/mol. The third kappa shape index (κ3) is 5.84. The molecule has 5 fully saturated rings. The molecule has 13 heteroatoms. The summed E-state index contributed by atoms with van der Waals surface area (Å²) in [5.74, 6) is -1.72. The molecular weight excluding hydrogens is 518 g/mol. The Bertz CT molecular complexity index is 891. The van der Waals surface area contributed by atoms with E-state index in [2.05, 4.69) is 6.92 Å². The maximum atomic E-state index is 12.7. The van der Waals surface area contributed by atoms with Gasteiger partial charge in [-0.1, -0.05) is 13.8 Å². The second kappa shape index (κ2) is 11.8. The number of carbonyl (C=O) groups excluding carboxylic acids is 2. The van der Waals surface area contributed by atoms with Gasteiger partial charge >= 0.3 is 5.97 Å². The number of hydrogen-bond donors (Lipinski definition) is 5. The van der Waals surface area contributed by atoms with Crippen molar-refractivity contribution in [3.63, 3.8) is 0 Å². The molecule has 12 atom stereocenters. The molecule has 1 spiro atoms. The van der Waals surface area contributed by atoms with E-state index in [-0.39, 0.29) is 37.1 Å². The molecule has 1 saturated carbocycles. The molecule has 39 heavy (non-hydrogen) atoms. The lowest BCUT2D eigenvalue weighted by Gasteiger charge is -2.59. The molecule has 0 radical (unpaired) electrons. The number of ether oxygens (including phenoxy) is 3. The lowest BCUT2D eigenvalue weighted by Crippen LogP contribution is -2.70. The number of amides is 1. The third-order valence-electron chi connectivity index (χ3n) is 9.10. The summed E-state index contributed by atoms with van der Waals surface area (Å²) >= 11 is 0. The SMILES string of the molecule is C[C@H]1[C@H](OC(=O)CCC(=O)N(C)C[C@H](O)[C@H](O)[C@H](O)[C@H](O)CO)O[C@@H]2O[C@@]3(C)CC[C@@H]4[C@H](C)CC[C@H]1[C@@]24OO3. The number of nitrogens with zero attached hydrogens (tertiary/aromatic N) is 1. The second-order valence-corrected chi connectivity index (χ2v) is 11.8. The van der Waals surface area contributed by atoms with Crippen LogP contribution in [0.15, 0.2) is 0 Å². The first kappa shape index (κ1) is 30.5. The summed E-state index contributed by atoms with van der Waals surface area (Å²) in [6, 6.07) is 0. The Morgan fingerprint density at radius 1 is 1.00 bits per heavy atom. The van der Waals surface area contributed by atoms with E-state index in [1.165, 1.54) is 7.05 Å². The number of carbonyl (C=O) groups is 2. The van der Waals surface area contributed by atoms with Crippen LogP contribution in [0.25, 0.3) is 0 Å². The summed E-state index contributed by atoms with van der Waals surface area (Å²) in [6.07, 6.45) is -5.52. The second-order valence-electron chi connectivity index (χ2n) is 11.8. The van der Waals surface area contributed by atoms with Crippen molar-refractivity contribution < 1.29 is 59.1 Å². The van der Waals surface area contributed by atoms with Gasteiger partial charge in [-0.15, -0.1) is 0 Å². The van der Waals surface area contributed by atoms with E-state index in [1.807, 2.05) is 13.8 Å². The number of aliphatic hydroxyl groups excluding tert-OH is 5. The van der Waals surface area contributed by atoms with Gasteiger partial charge in [0.1, 0.15) is 24.4 Å². The van der Waals surface area contributed by atoms with Crippen LogP contribution in [0.5, 0.6) is 0 Å². The molecule has 1 aliphatic carbocycles. The topological polar surface area (TPSA) is 185 Å². The van der Waals surface area contributed by atoms with Gasteiger partial charge in [-0.3, -0.25) is 9.59 Å². The molecule has 2 bridgehead atoms. The Hall–Kier alpha value is -1.42. The van der Waals surface area contributed by atoms with Crippen molar-refractivity contribution in [1.29, 1.82) is 0 Å². The summed E-state index contributed by atoms with van der Waals surface area (Å²) in [5, 5.41) is 48.1. The van der Waals surface area contributed by atoms with Gasteiger partial charge in [-0.2, -0.15) is 0 Å². The van der Waals surface area contributed by atoms with E-state index in [0.717, 1.165) is 24.2 Å². The normalized spacial score (nSPS) is 40.5. The first-order chi connectivity index (χ1) is 18.3. The van der Waals surface area contributed by atoms with E-state index in [1.54, 1.807) is 0 Å². The molecule has 5 N–H and O–H groups in total. The minimum Gasteiger partial charge on any atom is -0.435 e. The molecule has 0 aromatic carbocycles. The van der Waals surface area contributed by atoms with Crippen LogP contribution in [0.4, 0.5) is 0 Å². The van der Waals surface area contributed by atoms with Gasteiger partial charge in [0.05, 0.1) is 13.0 Å². The fourth-order valence-electron chi connectivity index (χ4n) is 6.65. The van der Waals surface area contributed by atoms with Crippen LogP contribution in [0.1, 0.15) is 59.3 Å². The van der Waals surface area contributed by atoms with E-state index < -0.39 is 66.9 Å². The van der Waals surface area contributed by atoms with Crippen molar-refractivity contribution in [2.24, 2.45) is 23.7 Å². The lowest BCUT2D eigenvalue weighted by atomic mass is 9.58. The van der Waals surface area contributed by atoms with Crippen LogP contribution in [0.2, 0.25) is 0 Å². The van der Waals surface area contributed by atoms with E-state index in [4.69, 9.17) is 29.1 Å². The van der Waals surface area contributed by atoms with Gasteiger partial charge in [-0.05, 0) is 38.0 Å². The molecule has 0 aromatic rings. The van der Waals surface area contributed by atoms with Gasteiger partial charge in [0.2, 0.25) is 18.0 Å². The lowest BCUT2D eigenvalue weighted by molar-refractivity contribution is -0.576. The molecule has 13 nitrogen and oxygen atoms in total. The van der Waals surface area contributed by atoms with Gasteiger partial charge in [0.15, 0.2) is 11.9 Å². The van der Waals surface area contributed by atoms with Crippen molar-refractivity contribution in [3.05, 3.63) is 0 Å². The van der Waals surface area contributed by atoms with Crippen LogP contribution < -0.4 is 0 Å². The summed E-state index contributed by atoms with van der Waals surface area (Å²) in [5.41, 5.74) is -0.777. The van der Waals surface area contributed by atoms with Crippen molar-refractivity contribution >= 4 is 11.9 Å². The number of hydrogen-bond acceptors (Lipinski definition) is 12. The molecular formula is C26H43NO12. The highest BCUT2D eigenvalue weighted by Gasteiger charge is 2.69. The van der Waals surface area contributed by atoms with Crippen LogP contribution in [-0.4, -0.2) is 111 Å². The predicted molar refractivity (Wildman–Crippen MR) is 131 cm³/mol. The van der Waals surface area contributed by atoms with Crippen LogP contribution in [-0.2, 0) is 33.6 Å². The number of aliphatic hydroxyl groups is 5. The fraction of sp³-hybridized carbons (Fsp3) is 0.923.